The molecule has 0 saturated carbocycles. The lowest BCUT2D eigenvalue weighted by Crippen LogP contribution is -2.34. The van der Waals surface area contributed by atoms with Crippen LogP contribution in [0.1, 0.15) is 12.0 Å². The number of nitrogens with zero attached hydrogens (tertiary/aromatic N) is 1. The summed E-state index contributed by atoms with van der Waals surface area (Å²) in [5.74, 6) is -1.45. The fourth-order valence-corrected chi connectivity index (χ4v) is 3.15. The minimum atomic E-state index is -1.17. The van der Waals surface area contributed by atoms with Crippen LogP contribution < -0.4 is 20.1 Å². The van der Waals surface area contributed by atoms with Crippen molar-refractivity contribution in [3.05, 3.63) is 53.1 Å². The second-order valence-electron chi connectivity index (χ2n) is 6.03. The van der Waals surface area contributed by atoms with Gasteiger partial charge in [-0.05, 0) is 35.9 Å². The van der Waals surface area contributed by atoms with Crippen molar-refractivity contribution in [3.8, 4) is 5.75 Å². The van der Waals surface area contributed by atoms with Gasteiger partial charge in [-0.15, -0.1) is 0 Å². The van der Waals surface area contributed by atoms with E-state index in [1.807, 2.05) is 0 Å². The number of anilines is 2. The molecule has 1 N–H and O–H groups in total. The topological polar surface area (TPSA) is 98.8 Å². The zero-order valence-electron chi connectivity index (χ0n) is 14.4. The minimum absolute atomic E-state index is 0.00325. The van der Waals surface area contributed by atoms with Crippen LogP contribution in [0.3, 0.4) is 0 Å². The molecule has 0 radical (unpaired) electrons. The van der Waals surface area contributed by atoms with Crippen LogP contribution in [0.15, 0.2) is 42.5 Å². The fraction of sp³-hybridized carbons (Fsp3) is 0.211. The van der Waals surface area contributed by atoms with E-state index in [9.17, 15) is 19.5 Å². The second-order valence-corrected chi connectivity index (χ2v) is 6.44. The van der Waals surface area contributed by atoms with E-state index in [0.29, 0.717) is 27.7 Å². The molecule has 3 rings (SSSR count). The lowest BCUT2D eigenvalue weighted by molar-refractivity contribution is -0.304. The molecule has 140 valence electrons. The molecule has 0 aromatic heterocycles. The van der Waals surface area contributed by atoms with E-state index in [0.717, 1.165) is 4.90 Å². The van der Waals surface area contributed by atoms with Gasteiger partial charge in [0.1, 0.15) is 11.8 Å². The first-order valence-electron chi connectivity index (χ1n) is 8.14. The van der Waals surface area contributed by atoms with Gasteiger partial charge >= 0.3 is 0 Å². The van der Waals surface area contributed by atoms with Crippen LogP contribution in [0.4, 0.5) is 11.4 Å². The zero-order chi connectivity index (χ0) is 19.6. The van der Waals surface area contributed by atoms with Crippen LogP contribution >= 0.6 is 11.6 Å². The summed E-state index contributed by atoms with van der Waals surface area (Å²) in [6, 6.07) is 10.5. The third kappa shape index (κ3) is 4.03. The van der Waals surface area contributed by atoms with E-state index < -0.39 is 12.0 Å². The number of carbonyl (C=O) groups is 3. The standard InChI is InChI=1S/C19H17ClN2O5/c1-27-16-7-6-13(9-14(16)20)22-17(23)10-15(19(22)26)21-12-4-2-11(3-5-12)8-18(24)25/h2-7,9,15,21H,8,10H2,1H3,(H,24,25)/p-1/t15-/m0/s1. The molecule has 1 fully saturated rings. The van der Waals surface area contributed by atoms with Crippen molar-refractivity contribution >= 4 is 40.8 Å². The highest BCUT2D eigenvalue weighted by atomic mass is 35.5. The van der Waals surface area contributed by atoms with Gasteiger partial charge in [0.25, 0.3) is 5.91 Å². The Morgan fingerprint density at radius 3 is 2.56 bits per heavy atom. The molecule has 27 heavy (non-hydrogen) atoms. The Kier molecular flexibility index (Phi) is 5.32. The highest BCUT2D eigenvalue weighted by Crippen LogP contribution is 2.32. The van der Waals surface area contributed by atoms with Gasteiger partial charge < -0.3 is 20.0 Å². The average molecular weight is 388 g/mol. The number of carboxylic acids is 1. The van der Waals surface area contributed by atoms with Crippen LogP contribution in [0, 0.1) is 0 Å². The molecule has 8 heteroatoms. The number of methoxy groups -OCH3 is 1. The molecule has 0 bridgehead atoms. The number of carbonyl (C=O) groups excluding carboxylic acids is 3. The third-order valence-corrected chi connectivity index (χ3v) is 4.48. The van der Waals surface area contributed by atoms with Crippen molar-refractivity contribution in [2.24, 2.45) is 0 Å². The van der Waals surface area contributed by atoms with Crippen molar-refractivity contribution in [3.63, 3.8) is 0 Å². The molecule has 2 aromatic rings. The lowest BCUT2D eigenvalue weighted by Gasteiger charge is -2.17. The van der Waals surface area contributed by atoms with Crippen molar-refractivity contribution < 1.29 is 24.2 Å². The smallest absolute Gasteiger partial charge is 0.256 e. The van der Waals surface area contributed by atoms with Crippen LogP contribution in [-0.2, 0) is 20.8 Å². The quantitative estimate of drug-likeness (QED) is 0.752. The van der Waals surface area contributed by atoms with Gasteiger partial charge in [-0.25, -0.2) is 4.90 Å². The molecular formula is C19H16ClN2O5-. The molecule has 0 unspecified atom stereocenters. The van der Waals surface area contributed by atoms with Crippen molar-refractivity contribution in [2.45, 2.75) is 18.9 Å². The summed E-state index contributed by atoms with van der Waals surface area (Å²) in [5, 5.41) is 13.9. The number of hydrogen-bond acceptors (Lipinski definition) is 6. The van der Waals surface area contributed by atoms with Crippen LogP contribution in [0.25, 0.3) is 0 Å². The maximum Gasteiger partial charge on any atom is 0.256 e. The highest BCUT2D eigenvalue weighted by molar-refractivity contribution is 6.33. The van der Waals surface area contributed by atoms with Gasteiger partial charge in [0.2, 0.25) is 5.91 Å². The predicted molar refractivity (Wildman–Crippen MR) is 97.7 cm³/mol. The molecule has 1 atom stereocenters. The largest absolute Gasteiger partial charge is 0.550 e. The molecule has 1 aliphatic rings. The van der Waals surface area contributed by atoms with Crippen LogP contribution in [0.2, 0.25) is 5.02 Å². The first-order chi connectivity index (χ1) is 12.9. The Labute approximate surface area is 160 Å². The first-order valence-corrected chi connectivity index (χ1v) is 8.52. The molecule has 1 aliphatic heterocycles. The molecular weight excluding hydrogens is 372 g/mol. The van der Waals surface area contributed by atoms with Crippen LogP contribution in [0.5, 0.6) is 5.75 Å². The number of carboxylic acid groups (broad SMARTS) is 1. The van der Waals surface area contributed by atoms with E-state index in [1.165, 1.54) is 13.2 Å². The zero-order valence-corrected chi connectivity index (χ0v) is 15.2. The van der Waals surface area contributed by atoms with Gasteiger partial charge in [-0.3, -0.25) is 9.59 Å². The number of amides is 2. The van der Waals surface area contributed by atoms with Gasteiger partial charge in [-0.1, -0.05) is 23.7 Å². The monoisotopic (exact) mass is 387 g/mol. The number of rotatable bonds is 6. The summed E-state index contributed by atoms with van der Waals surface area (Å²) in [4.78, 5) is 36.7. The summed E-state index contributed by atoms with van der Waals surface area (Å²) >= 11 is 6.08. The Morgan fingerprint density at radius 1 is 1.26 bits per heavy atom. The van der Waals surface area contributed by atoms with E-state index in [4.69, 9.17) is 16.3 Å². The summed E-state index contributed by atoms with van der Waals surface area (Å²) in [5.41, 5.74) is 1.58. The van der Waals surface area contributed by atoms with Gasteiger partial charge in [0, 0.05) is 18.1 Å². The van der Waals surface area contributed by atoms with Crippen molar-refractivity contribution in [2.75, 3.05) is 17.3 Å². The number of aliphatic carboxylic acids is 1. The van der Waals surface area contributed by atoms with E-state index in [-0.39, 0.29) is 24.7 Å². The molecule has 2 aromatic carbocycles. The lowest BCUT2D eigenvalue weighted by atomic mass is 10.1. The summed E-state index contributed by atoms with van der Waals surface area (Å²) < 4.78 is 5.08. The Balaban J connectivity index is 1.74. The fourth-order valence-electron chi connectivity index (χ4n) is 2.90. The Morgan fingerprint density at radius 2 is 1.96 bits per heavy atom. The first kappa shape index (κ1) is 18.7. The third-order valence-electron chi connectivity index (χ3n) is 4.18. The van der Waals surface area contributed by atoms with Gasteiger partial charge in [-0.2, -0.15) is 0 Å². The molecule has 1 heterocycles. The molecule has 0 aliphatic carbocycles. The number of nitrogens with one attached hydrogen (secondary N) is 1. The average Bonchev–Trinajstić information content (AvgIpc) is 2.89. The summed E-state index contributed by atoms with van der Waals surface area (Å²) in [7, 11) is 1.48. The number of hydrogen-bond donors (Lipinski definition) is 1. The van der Waals surface area contributed by atoms with Gasteiger partial charge in [0.05, 0.1) is 24.2 Å². The number of imide groups is 1. The van der Waals surface area contributed by atoms with Crippen molar-refractivity contribution in [1.82, 2.24) is 0 Å². The maximum absolute atomic E-state index is 12.7. The SMILES string of the molecule is COc1ccc(N2C(=O)C[C@H](Nc3ccc(CC(=O)[O-])cc3)C2=O)cc1Cl. The number of benzene rings is 2. The predicted octanol–water partition coefficient (Wildman–Crippen LogP) is 1.38. The molecule has 2 amide bonds. The molecule has 7 nitrogen and oxygen atoms in total. The maximum atomic E-state index is 12.7. The Bertz CT molecular complexity index is 897. The van der Waals surface area contributed by atoms with E-state index >= 15 is 0 Å². The minimum Gasteiger partial charge on any atom is -0.550 e. The highest BCUT2D eigenvalue weighted by Gasteiger charge is 2.39. The van der Waals surface area contributed by atoms with Crippen LogP contribution in [-0.4, -0.2) is 30.9 Å². The van der Waals surface area contributed by atoms with Gasteiger partial charge in [0.15, 0.2) is 0 Å². The van der Waals surface area contributed by atoms with E-state index in [2.05, 4.69) is 5.32 Å². The Hall–Kier alpha value is -3.06. The van der Waals surface area contributed by atoms with Crippen molar-refractivity contribution in [1.29, 1.82) is 0 Å². The molecule has 0 spiro atoms. The number of ether oxygens (including phenoxy) is 1. The number of halogens is 1. The van der Waals surface area contributed by atoms with E-state index in [1.54, 1.807) is 36.4 Å². The summed E-state index contributed by atoms with van der Waals surface area (Å²) in [6.07, 6.45) is -0.184. The molecule has 1 saturated heterocycles. The second kappa shape index (κ2) is 7.67. The summed E-state index contributed by atoms with van der Waals surface area (Å²) in [6.45, 7) is 0. The normalized spacial score (nSPS) is 16.5.